The molecule has 1 atom stereocenters. The molecule has 0 saturated carbocycles. The molecule has 2 aromatic rings. The summed E-state index contributed by atoms with van der Waals surface area (Å²) in [6.07, 6.45) is -4.63. The highest BCUT2D eigenvalue weighted by atomic mass is 32.2. The predicted molar refractivity (Wildman–Crippen MR) is 113 cm³/mol. The Morgan fingerprint density at radius 2 is 1.69 bits per heavy atom. The second kappa shape index (κ2) is 9.47. The molecular weight excluding hydrogens is 447 g/mol. The molecule has 1 saturated heterocycles. The molecule has 0 bridgehead atoms. The lowest BCUT2D eigenvalue weighted by atomic mass is 10.2. The Bertz CT molecular complexity index is 1050. The van der Waals surface area contributed by atoms with Crippen LogP contribution in [-0.4, -0.2) is 62.9 Å². The highest BCUT2D eigenvalue weighted by Crippen LogP contribution is 2.31. The number of carbonyl (C=O) groups excluding carboxylic acids is 1. The molecule has 32 heavy (non-hydrogen) atoms. The van der Waals surface area contributed by atoms with Gasteiger partial charge in [0.25, 0.3) is 0 Å². The molecule has 1 aliphatic heterocycles. The van der Waals surface area contributed by atoms with Crippen molar-refractivity contribution in [2.75, 3.05) is 38.6 Å². The zero-order valence-corrected chi connectivity index (χ0v) is 18.4. The van der Waals surface area contributed by atoms with Crippen molar-refractivity contribution >= 4 is 21.6 Å². The van der Waals surface area contributed by atoms with Gasteiger partial charge in [0, 0.05) is 31.9 Å². The maximum Gasteiger partial charge on any atom is 0.416 e. The Labute approximate surface area is 184 Å². The number of nitrogens with one attached hydrogen (secondary N) is 1. The van der Waals surface area contributed by atoms with Crippen molar-refractivity contribution in [1.29, 1.82) is 0 Å². The molecule has 0 aromatic heterocycles. The lowest BCUT2D eigenvalue weighted by Crippen LogP contribution is -2.53. The average Bonchev–Trinajstić information content (AvgIpc) is 2.78. The van der Waals surface area contributed by atoms with Crippen LogP contribution in [0, 0.1) is 0 Å². The Kier molecular flexibility index (Phi) is 7.11. The number of sulfonamides is 1. The summed E-state index contributed by atoms with van der Waals surface area (Å²) in [4.78, 5) is 14.0. The molecule has 1 amide bonds. The molecule has 1 fully saturated rings. The Morgan fingerprint density at radius 1 is 1.06 bits per heavy atom. The van der Waals surface area contributed by atoms with E-state index in [0.29, 0.717) is 17.5 Å². The molecule has 0 aliphatic carbocycles. The van der Waals surface area contributed by atoms with Crippen LogP contribution in [0.25, 0.3) is 0 Å². The number of amides is 1. The molecule has 2 aromatic carbocycles. The Balaban J connectivity index is 1.61. The molecular formula is C21H24F3N3O4S. The first-order valence-electron chi connectivity index (χ1n) is 9.89. The minimum Gasteiger partial charge on any atom is -0.497 e. The van der Waals surface area contributed by atoms with Gasteiger partial charge in [0.1, 0.15) is 5.75 Å². The van der Waals surface area contributed by atoms with E-state index in [1.807, 2.05) is 4.90 Å². The van der Waals surface area contributed by atoms with Crippen molar-refractivity contribution in [3.8, 4) is 5.75 Å². The van der Waals surface area contributed by atoms with Gasteiger partial charge in [0.2, 0.25) is 15.9 Å². The van der Waals surface area contributed by atoms with Crippen LogP contribution in [-0.2, 0) is 21.0 Å². The van der Waals surface area contributed by atoms with Crippen LogP contribution in [0.2, 0.25) is 0 Å². The molecule has 1 N–H and O–H groups in total. The SMILES string of the molecule is COc1ccc(NC(=O)C(C)N2CCN(S(=O)(=O)c3cccc(C(F)(F)F)c3)CC2)cc1. The van der Waals surface area contributed by atoms with E-state index < -0.39 is 32.7 Å². The minimum absolute atomic E-state index is 0.0682. The van der Waals surface area contributed by atoms with Gasteiger partial charge >= 0.3 is 6.18 Å². The van der Waals surface area contributed by atoms with Gasteiger partial charge in [0.15, 0.2) is 0 Å². The zero-order valence-electron chi connectivity index (χ0n) is 17.6. The molecule has 7 nitrogen and oxygen atoms in total. The molecule has 11 heteroatoms. The molecule has 1 heterocycles. The first-order chi connectivity index (χ1) is 15.0. The first-order valence-corrected chi connectivity index (χ1v) is 11.3. The molecule has 0 spiro atoms. The molecule has 3 rings (SSSR count). The highest BCUT2D eigenvalue weighted by molar-refractivity contribution is 7.89. The van der Waals surface area contributed by atoms with Crippen molar-refractivity contribution < 1.29 is 31.1 Å². The summed E-state index contributed by atoms with van der Waals surface area (Å²) in [5, 5.41) is 2.80. The predicted octanol–water partition coefficient (Wildman–Crippen LogP) is 3.05. The third-order valence-corrected chi connectivity index (χ3v) is 7.25. The fourth-order valence-electron chi connectivity index (χ4n) is 3.40. The standard InChI is InChI=1S/C21H24F3N3O4S/c1-15(20(28)25-17-6-8-18(31-2)9-7-17)26-10-12-27(13-11-26)32(29,30)19-5-3-4-16(14-19)21(22,23)24/h3-9,14-15H,10-13H2,1-2H3,(H,25,28). The zero-order chi connectivity index (χ0) is 23.5. The van der Waals surface area contributed by atoms with E-state index in [1.54, 1.807) is 38.3 Å². The number of hydrogen-bond acceptors (Lipinski definition) is 5. The average molecular weight is 472 g/mol. The summed E-state index contributed by atoms with van der Waals surface area (Å²) in [6.45, 7) is 2.40. The van der Waals surface area contributed by atoms with Gasteiger partial charge in [-0.15, -0.1) is 0 Å². The van der Waals surface area contributed by atoms with Crippen molar-refractivity contribution in [2.45, 2.75) is 24.0 Å². The van der Waals surface area contributed by atoms with Crippen LogP contribution in [0.4, 0.5) is 18.9 Å². The number of alkyl halides is 3. The maximum atomic E-state index is 12.9. The van der Waals surface area contributed by atoms with Gasteiger partial charge in [-0.25, -0.2) is 8.42 Å². The summed E-state index contributed by atoms with van der Waals surface area (Å²) in [5.74, 6) is 0.415. The largest absolute Gasteiger partial charge is 0.497 e. The van der Waals surface area contributed by atoms with Crippen LogP contribution in [0.3, 0.4) is 0 Å². The summed E-state index contributed by atoms with van der Waals surface area (Å²) >= 11 is 0. The van der Waals surface area contributed by atoms with Crippen LogP contribution < -0.4 is 10.1 Å². The Hall–Kier alpha value is -2.63. The quantitative estimate of drug-likeness (QED) is 0.701. The summed E-state index contributed by atoms with van der Waals surface area (Å²) in [6, 6.07) is 10.1. The van der Waals surface area contributed by atoms with E-state index in [9.17, 15) is 26.4 Å². The number of rotatable bonds is 6. The fourth-order valence-corrected chi connectivity index (χ4v) is 4.87. The smallest absolute Gasteiger partial charge is 0.416 e. The number of methoxy groups -OCH3 is 1. The van der Waals surface area contributed by atoms with E-state index in [0.717, 1.165) is 22.5 Å². The summed E-state index contributed by atoms with van der Waals surface area (Å²) in [7, 11) is -2.53. The number of halogens is 3. The first kappa shape index (κ1) is 24.0. The molecule has 1 aliphatic rings. The number of piperazine rings is 1. The monoisotopic (exact) mass is 471 g/mol. The van der Waals surface area contributed by atoms with Gasteiger partial charge in [-0.05, 0) is 49.4 Å². The van der Waals surface area contributed by atoms with Crippen molar-refractivity contribution in [3.63, 3.8) is 0 Å². The number of ether oxygens (including phenoxy) is 1. The number of anilines is 1. The lowest BCUT2D eigenvalue weighted by molar-refractivity contribution is -0.137. The fraction of sp³-hybridized carbons (Fsp3) is 0.381. The van der Waals surface area contributed by atoms with Gasteiger partial charge in [0.05, 0.1) is 23.6 Å². The number of carbonyl (C=O) groups is 1. The van der Waals surface area contributed by atoms with E-state index >= 15 is 0 Å². The molecule has 1 unspecified atom stereocenters. The second-order valence-electron chi connectivity index (χ2n) is 7.36. The second-order valence-corrected chi connectivity index (χ2v) is 9.30. The van der Waals surface area contributed by atoms with Crippen LogP contribution >= 0.6 is 0 Å². The van der Waals surface area contributed by atoms with Gasteiger partial charge in [-0.2, -0.15) is 17.5 Å². The maximum absolute atomic E-state index is 12.9. The van der Waals surface area contributed by atoms with Crippen LogP contribution in [0.15, 0.2) is 53.4 Å². The van der Waals surface area contributed by atoms with E-state index in [2.05, 4.69) is 5.32 Å². The third kappa shape index (κ3) is 5.40. The highest BCUT2D eigenvalue weighted by Gasteiger charge is 2.35. The number of benzene rings is 2. The normalized spacial score (nSPS) is 17.0. The van der Waals surface area contributed by atoms with Crippen molar-refractivity contribution in [3.05, 3.63) is 54.1 Å². The van der Waals surface area contributed by atoms with Crippen molar-refractivity contribution in [1.82, 2.24) is 9.21 Å². The van der Waals surface area contributed by atoms with Crippen LogP contribution in [0.5, 0.6) is 5.75 Å². The number of nitrogens with zero attached hydrogens (tertiary/aromatic N) is 2. The van der Waals surface area contributed by atoms with E-state index in [-0.39, 0.29) is 32.1 Å². The van der Waals surface area contributed by atoms with E-state index in [1.165, 1.54) is 0 Å². The third-order valence-electron chi connectivity index (χ3n) is 5.36. The molecule has 0 radical (unpaired) electrons. The Morgan fingerprint density at radius 3 is 2.25 bits per heavy atom. The van der Waals surface area contributed by atoms with E-state index in [4.69, 9.17) is 4.74 Å². The molecule has 174 valence electrons. The summed E-state index contributed by atoms with van der Waals surface area (Å²) < 4.78 is 70.7. The lowest BCUT2D eigenvalue weighted by Gasteiger charge is -2.36. The van der Waals surface area contributed by atoms with Gasteiger partial charge in [-0.1, -0.05) is 6.07 Å². The van der Waals surface area contributed by atoms with Crippen molar-refractivity contribution in [2.24, 2.45) is 0 Å². The topological polar surface area (TPSA) is 79.0 Å². The summed E-state index contributed by atoms with van der Waals surface area (Å²) in [5.41, 5.74) is -0.408. The van der Waals surface area contributed by atoms with Gasteiger partial charge in [-0.3, -0.25) is 9.69 Å². The van der Waals surface area contributed by atoms with Crippen LogP contribution in [0.1, 0.15) is 12.5 Å². The number of hydrogen-bond donors (Lipinski definition) is 1. The van der Waals surface area contributed by atoms with Gasteiger partial charge < -0.3 is 10.1 Å². The minimum atomic E-state index is -4.63.